The maximum absolute atomic E-state index is 4.50. The van der Waals surface area contributed by atoms with Crippen LogP contribution in [0.5, 0.6) is 0 Å². The molecule has 1 unspecified atom stereocenters. The van der Waals surface area contributed by atoms with Gasteiger partial charge in [-0.25, -0.2) is 0 Å². The lowest BCUT2D eigenvalue weighted by Crippen LogP contribution is -2.33. The summed E-state index contributed by atoms with van der Waals surface area (Å²) >= 11 is 0. The van der Waals surface area contributed by atoms with Crippen molar-refractivity contribution < 1.29 is 0 Å². The second-order valence-corrected chi connectivity index (χ2v) is 6.87. The molecule has 0 saturated heterocycles. The van der Waals surface area contributed by atoms with Gasteiger partial charge < -0.3 is 9.88 Å². The van der Waals surface area contributed by atoms with Crippen LogP contribution in [-0.2, 0) is 13.0 Å². The molecule has 1 aliphatic carbocycles. The molecule has 1 N–H and O–H groups in total. The van der Waals surface area contributed by atoms with E-state index in [2.05, 4.69) is 27.0 Å². The summed E-state index contributed by atoms with van der Waals surface area (Å²) in [7, 11) is 0. The summed E-state index contributed by atoms with van der Waals surface area (Å²) in [5, 5.41) is 12.8. The number of hydrogen-bond acceptors (Lipinski definition) is 3. The van der Waals surface area contributed by atoms with Crippen LogP contribution in [0.15, 0.2) is 0 Å². The third-order valence-corrected chi connectivity index (χ3v) is 5.12. The number of nitrogens with zero attached hydrogens (tertiary/aromatic N) is 3. The van der Waals surface area contributed by atoms with Gasteiger partial charge in [0.2, 0.25) is 0 Å². The van der Waals surface area contributed by atoms with Crippen molar-refractivity contribution in [1.29, 1.82) is 0 Å². The van der Waals surface area contributed by atoms with Gasteiger partial charge in [-0.2, -0.15) is 0 Å². The van der Waals surface area contributed by atoms with Crippen molar-refractivity contribution in [3.63, 3.8) is 0 Å². The van der Waals surface area contributed by atoms with E-state index in [0.717, 1.165) is 18.8 Å². The maximum Gasteiger partial charge on any atom is 0.149 e. The molecule has 0 radical (unpaired) electrons. The van der Waals surface area contributed by atoms with Gasteiger partial charge in [0.15, 0.2) is 0 Å². The molecule has 0 bridgehead atoms. The standard InChI is InChI=1S/C17H30N4/c1-14(18-15-10-6-3-2-4-7-11-15)17-20-19-16-12-8-5-9-13-21(16)17/h14-15,18H,2-13H2,1H3. The Labute approximate surface area is 128 Å². The average molecular weight is 290 g/mol. The molecule has 2 aliphatic rings. The summed E-state index contributed by atoms with van der Waals surface area (Å²) in [4.78, 5) is 0. The summed E-state index contributed by atoms with van der Waals surface area (Å²) in [5.41, 5.74) is 0. The minimum Gasteiger partial charge on any atom is -0.314 e. The van der Waals surface area contributed by atoms with Crippen LogP contribution in [0.3, 0.4) is 0 Å². The first kappa shape index (κ1) is 15.0. The third-order valence-electron chi connectivity index (χ3n) is 5.12. The van der Waals surface area contributed by atoms with Crippen molar-refractivity contribution in [1.82, 2.24) is 20.1 Å². The molecule has 4 heteroatoms. The zero-order chi connectivity index (χ0) is 14.5. The lowest BCUT2D eigenvalue weighted by atomic mass is 9.96. The Kier molecular flexibility index (Phi) is 5.28. The average Bonchev–Trinajstić information content (AvgIpc) is 2.71. The molecule has 118 valence electrons. The highest BCUT2D eigenvalue weighted by molar-refractivity contribution is 5.02. The Morgan fingerprint density at radius 3 is 2.48 bits per heavy atom. The lowest BCUT2D eigenvalue weighted by molar-refractivity contribution is 0.351. The van der Waals surface area contributed by atoms with Crippen molar-refractivity contribution in [3.05, 3.63) is 11.6 Å². The molecular weight excluding hydrogens is 260 g/mol. The summed E-state index contributed by atoms with van der Waals surface area (Å²) in [6.07, 6.45) is 14.6. The van der Waals surface area contributed by atoms with Gasteiger partial charge in [-0.15, -0.1) is 10.2 Å². The highest BCUT2D eigenvalue weighted by atomic mass is 15.3. The lowest BCUT2D eigenvalue weighted by Gasteiger charge is -2.25. The zero-order valence-corrected chi connectivity index (χ0v) is 13.5. The fourth-order valence-corrected chi connectivity index (χ4v) is 3.88. The molecule has 1 aliphatic heterocycles. The zero-order valence-electron chi connectivity index (χ0n) is 13.5. The van der Waals surface area contributed by atoms with E-state index in [4.69, 9.17) is 0 Å². The maximum atomic E-state index is 4.50. The predicted molar refractivity (Wildman–Crippen MR) is 85.2 cm³/mol. The Balaban J connectivity index is 1.64. The van der Waals surface area contributed by atoms with Crippen molar-refractivity contribution in [2.75, 3.05) is 0 Å². The van der Waals surface area contributed by atoms with Gasteiger partial charge in [0.1, 0.15) is 11.6 Å². The Morgan fingerprint density at radius 1 is 0.952 bits per heavy atom. The van der Waals surface area contributed by atoms with E-state index >= 15 is 0 Å². The quantitative estimate of drug-likeness (QED) is 0.921. The van der Waals surface area contributed by atoms with E-state index in [1.54, 1.807) is 0 Å². The predicted octanol–water partition coefficient (Wildman–Crippen LogP) is 3.77. The molecule has 1 aromatic rings. The smallest absolute Gasteiger partial charge is 0.149 e. The normalized spacial score (nSPS) is 22.9. The number of aryl methyl sites for hydroxylation is 1. The van der Waals surface area contributed by atoms with Crippen LogP contribution in [0, 0.1) is 0 Å². The van der Waals surface area contributed by atoms with Gasteiger partial charge in [-0.3, -0.25) is 0 Å². The molecule has 1 aromatic heterocycles. The third kappa shape index (κ3) is 3.85. The number of hydrogen-bond donors (Lipinski definition) is 1. The molecule has 1 fully saturated rings. The topological polar surface area (TPSA) is 42.7 Å². The van der Waals surface area contributed by atoms with Crippen molar-refractivity contribution in [2.45, 2.75) is 96.2 Å². The first-order valence-corrected chi connectivity index (χ1v) is 9.02. The first-order chi connectivity index (χ1) is 10.3. The minimum atomic E-state index is 0.328. The van der Waals surface area contributed by atoms with E-state index in [0.29, 0.717) is 12.1 Å². The number of nitrogens with one attached hydrogen (secondary N) is 1. The molecule has 0 spiro atoms. The van der Waals surface area contributed by atoms with Crippen LogP contribution >= 0.6 is 0 Å². The molecule has 21 heavy (non-hydrogen) atoms. The van der Waals surface area contributed by atoms with Gasteiger partial charge in [0.05, 0.1) is 6.04 Å². The fourth-order valence-electron chi connectivity index (χ4n) is 3.88. The minimum absolute atomic E-state index is 0.328. The second-order valence-electron chi connectivity index (χ2n) is 6.87. The van der Waals surface area contributed by atoms with Gasteiger partial charge in [-0.05, 0) is 32.6 Å². The van der Waals surface area contributed by atoms with Gasteiger partial charge in [0.25, 0.3) is 0 Å². The molecule has 1 atom stereocenters. The van der Waals surface area contributed by atoms with Gasteiger partial charge in [0, 0.05) is 19.0 Å². The summed E-state index contributed by atoms with van der Waals surface area (Å²) < 4.78 is 2.38. The highest BCUT2D eigenvalue weighted by Gasteiger charge is 2.21. The molecule has 2 heterocycles. The van der Waals surface area contributed by atoms with Crippen LogP contribution in [0.25, 0.3) is 0 Å². The first-order valence-electron chi connectivity index (χ1n) is 9.02. The molecule has 3 rings (SSSR count). The highest BCUT2D eigenvalue weighted by Crippen LogP contribution is 2.22. The largest absolute Gasteiger partial charge is 0.314 e. The summed E-state index contributed by atoms with van der Waals surface area (Å²) in [6, 6.07) is 0.993. The fraction of sp³-hybridized carbons (Fsp3) is 0.882. The second kappa shape index (κ2) is 7.39. The Morgan fingerprint density at radius 2 is 1.67 bits per heavy atom. The Bertz CT molecular complexity index is 432. The molecule has 0 amide bonds. The van der Waals surface area contributed by atoms with Crippen LogP contribution in [0.4, 0.5) is 0 Å². The molecule has 4 nitrogen and oxygen atoms in total. The number of aromatic nitrogens is 3. The van der Waals surface area contributed by atoms with E-state index in [-0.39, 0.29) is 0 Å². The number of rotatable bonds is 3. The molecule has 1 saturated carbocycles. The van der Waals surface area contributed by atoms with Crippen LogP contribution in [0.1, 0.15) is 88.8 Å². The van der Waals surface area contributed by atoms with Crippen LogP contribution in [-0.4, -0.2) is 20.8 Å². The van der Waals surface area contributed by atoms with Gasteiger partial charge in [-0.1, -0.05) is 38.5 Å². The van der Waals surface area contributed by atoms with Crippen molar-refractivity contribution in [3.8, 4) is 0 Å². The summed E-state index contributed by atoms with van der Waals surface area (Å²) in [5.74, 6) is 2.36. The number of fused-ring (bicyclic) bond motifs is 1. The van der Waals surface area contributed by atoms with E-state index in [9.17, 15) is 0 Å². The van der Waals surface area contributed by atoms with Crippen LogP contribution < -0.4 is 5.32 Å². The monoisotopic (exact) mass is 290 g/mol. The van der Waals surface area contributed by atoms with Gasteiger partial charge >= 0.3 is 0 Å². The molecular formula is C17H30N4. The van der Waals surface area contributed by atoms with E-state index in [1.165, 1.54) is 70.0 Å². The van der Waals surface area contributed by atoms with E-state index < -0.39 is 0 Å². The van der Waals surface area contributed by atoms with Crippen molar-refractivity contribution >= 4 is 0 Å². The Hall–Kier alpha value is -0.900. The SMILES string of the molecule is CC(NC1CCCCCCC1)c1nnc2n1CCCCC2. The van der Waals surface area contributed by atoms with Crippen molar-refractivity contribution in [2.24, 2.45) is 0 Å². The molecule has 0 aromatic carbocycles. The van der Waals surface area contributed by atoms with E-state index in [1.807, 2.05) is 0 Å². The van der Waals surface area contributed by atoms with Crippen LogP contribution in [0.2, 0.25) is 0 Å². The summed E-state index contributed by atoms with van der Waals surface area (Å²) in [6.45, 7) is 3.37.